The average molecular weight is 391 g/mol. The van der Waals surface area contributed by atoms with E-state index in [4.69, 9.17) is 11.6 Å². The van der Waals surface area contributed by atoms with E-state index in [0.717, 1.165) is 28.1 Å². The highest BCUT2D eigenvalue weighted by atomic mass is 35.5. The van der Waals surface area contributed by atoms with Crippen LogP contribution in [0.4, 0.5) is 5.69 Å². The quantitative estimate of drug-likeness (QED) is 0.407. The molecule has 25 heavy (non-hydrogen) atoms. The number of nitrogens with zero attached hydrogens (tertiary/aromatic N) is 3. The maximum absolute atomic E-state index is 12.5. The van der Waals surface area contributed by atoms with Gasteiger partial charge < -0.3 is 5.32 Å². The Kier molecular flexibility index (Phi) is 4.62. The first-order chi connectivity index (χ1) is 12.1. The Morgan fingerprint density at radius 1 is 1.36 bits per heavy atom. The van der Waals surface area contributed by atoms with E-state index < -0.39 is 0 Å². The van der Waals surface area contributed by atoms with Crippen molar-refractivity contribution in [3.63, 3.8) is 0 Å². The Balaban J connectivity index is 1.57. The van der Waals surface area contributed by atoms with Crippen molar-refractivity contribution in [2.75, 3.05) is 5.32 Å². The number of thioether (sulfide) groups is 1. The third kappa shape index (κ3) is 3.23. The summed E-state index contributed by atoms with van der Waals surface area (Å²) in [6.07, 6.45) is 6.55. The minimum absolute atomic E-state index is 0.126. The number of halogens is 1. The second-order valence-electron chi connectivity index (χ2n) is 5.81. The molecule has 0 saturated heterocycles. The molecule has 0 aliphatic heterocycles. The molecule has 0 saturated carbocycles. The number of aryl methyl sites for hydroxylation is 2. The van der Waals surface area contributed by atoms with E-state index in [1.54, 1.807) is 36.0 Å². The predicted octanol–water partition coefficient (Wildman–Crippen LogP) is 4.35. The lowest BCUT2D eigenvalue weighted by molar-refractivity contribution is -0.115. The van der Waals surface area contributed by atoms with Gasteiger partial charge in [0, 0.05) is 16.5 Å². The molecule has 3 aromatic rings. The van der Waals surface area contributed by atoms with E-state index in [1.807, 2.05) is 6.92 Å². The molecule has 0 spiro atoms. The number of thiophene rings is 1. The molecule has 1 amide bonds. The van der Waals surface area contributed by atoms with Crippen molar-refractivity contribution in [3.8, 4) is 0 Å². The number of carbonyl (C=O) groups is 1. The summed E-state index contributed by atoms with van der Waals surface area (Å²) in [5, 5.41) is 4.81. The highest BCUT2D eigenvalue weighted by molar-refractivity contribution is 8.00. The summed E-state index contributed by atoms with van der Waals surface area (Å²) in [5.74, 6) is -0.126. The first-order valence-electron chi connectivity index (χ1n) is 7.97. The Hall–Kier alpha value is -1.70. The molecule has 4 rings (SSSR count). The summed E-state index contributed by atoms with van der Waals surface area (Å²) in [6.45, 7) is 1.87. The van der Waals surface area contributed by atoms with E-state index in [0.29, 0.717) is 5.69 Å². The monoisotopic (exact) mass is 390 g/mol. The number of hydrogen-bond acceptors (Lipinski definition) is 6. The first-order valence-corrected chi connectivity index (χ1v) is 10.0. The van der Waals surface area contributed by atoms with Crippen molar-refractivity contribution in [2.45, 2.75) is 36.5 Å². The van der Waals surface area contributed by atoms with Gasteiger partial charge in [-0.3, -0.25) is 4.79 Å². The zero-order chi connectivity index (χ0) is 17.4. The standard InChI is InChI=1S/C17H15ClN4OS2/c1-9(15(23)22-11-5-3-7-19-14(11)18)24-16-13-10-4-2-6-12(10)25-17(13)21-8-20-16/h3,5,7-9H,2,4,6H2,1H3,(H,22,23)/t9-/m0/s1. The van der Waals surface area contributed by atoms with Crippen LogP contribution in [-0.4, -0.2) is 26.1 Å². The Morgan fingerprint density at radius 3 is 3.08 bits per heavy atom. The average Bonchev–Trinajstić information content (AvgIpc) is 3.18. The molecule has 8 heteroatoms. The number of nitrogens with one attached hydrogen (secondary N) is 1. The molecule has 3 heterocycles. The fourth-order valence-electron chi connectivity index (χ4n) is 2.92. The van der Waals surface area contributed by atoms with Gasteiger partial charge >= 0.3 is 0 Å². The van der Waals surface area contributed by atoms with Gasteiger partial charge in [-0.25, -0.2) is 15.0 Å². The van der Waals surface area contributed by atoms with E-state index in [1.165, 1.54) is 28.6 Å². The Bertz CT molecular complexity index is 959. The van der Waals surface area contributed by atoms with Gasteiger partial charge in [-0.2, -0.15) is 0 Å². The molecule has 0 radical (unpaired) electrons. The number of carbonyl (C=O) groups excluding carboxylic acids is 1. The van der Waals surface area contributed by atoms with Gasteiger partial charge in [0.25, 0.3) is 0 Å². The summed E-state index contributed by atoms with van der Waals surface area (Å²) in [7, 11) is 0. The molecule has 128 valence electrons. The van der Waals surface area contributed by atoms with Crippen molar-refractivity contribution in [3.05, 3.63) is 40.3 Å². The van der Waals surface area contributed by atoms with Crippen LogP contribution < -0.4 is 5.32 Å². The van der Waals surface area contributed by atoms with Crippen molar-refractivity contribution in [2.24, 2.45) is 0 Å². The van der Waals surface area contributed by atoms with Crippen LogP contribution in [-0.2, 0) is 17.6 Å². The lowest BCUT2D eigenvalue weighted by atomic mass is 10.2. The van der Waals surface area contributed by atoms with Crippen LogP contribution in [0.1, 0.15) is 23.8 Å². The van der Waals surface area contributed by atoms with Crippen molar-refractivity contribution >= 4 is 56.5 Å². The molecule has 0 fully saturated rings. The van der Waals surface area contributed by atoms with Gasteiger partial charge in [0.15, 0.2) is 5.15 Å². The molecule has 1 N–H and O–H groups in total. The molecular weight excluding hydrogens is 376 g/mol. The zero-order valence-electron chi connectivity index (χ0n) is 13.5. The number of fused-ring (bicyclic) bond motifs is 3. The molecule has 1 aliphatic rings. The highest BCUT2D eigenvalue weighted by Crippen LogP contribution is 2.40. The third-order valence-electron chi connectivity index (χ3n) is 4.14. The van der Waals surface area contributed by atoms with Gasteiger partial charge in [-0.15, -0.1) is 11.3 Å². The second kappa shape index (κ2) is 6.90. The fraction of sp³-hybridized carbons (Fsp3) is 0.294. The van der Waals surface area contributed by atoms with E-state index in [2.05, 4.69) is 20.3 Å². The SMILES string of the molecule is C[C@H](Sc1ncnc2sc3c(c12)CCC3)C(=O)Nc1cccnc1Cl. The van der Waals surface area contributed by atoms with Gasteiger partial charge in [0.05, 0.1) is 10.9 Å². The van der Waals surface area contributed by atoms with E-state index in [9.17, 15) is 4.79 Å². The molecule has 1 atom stereocenters. The van der Waals surface area contributed by atoms with Crippen molar-refractivity contribution in [1.29, 1.82) is 0 Å². The van der Waals surface area contributed by atoms with E-state index >= 15 is 0 Å². The van der Waals surface area contributed by atoms with Gasteiger partial charge in [-0.05, 0) is 43.9 Å². The number of anilines is 1. The number of rotatable bonds is 4. The van der Waals surface area contributed by atoms with Gasteiger partial charge in [-0.1, -0.05) is 23.4 Å². The normalized spacial score (nSPS) is 14.5. The van der Waals surface area contributed by atoms with Crippen molar-refractivity contribution in [1.82, 2.24) is 15.0 Å². The van der Waals surface area contributed by atoms with Crippen LogP contribution in [0.3, 0.4) is 0 Å². The van der Waals surface area contributed by atoms with Crippen LogP contribution in [0.2, 0.25) is 5.15 Å². The molecule has 0 aromatic carbocycles. The number of amides is 1. The number of aromatic nitrogens is 3. The maximum Gasteiger partial charge on any atom is 0.237 e. The smallest absolute Gasteiger partial charge is 0.237 e. The summed E-state index contributed by atoms with van der Waals surface area (Å²) in [6, 6.07) is 3.47. The summed E-state index contributed by atoms with van der Waals surface area (Å²) in [5.41, 5.74) is 1.89. The van der Waals surface area contributed by atoms with Crippen LogP contribution in [0, 0.1) is 0 Å². The minimum atomic E-state index is -0.314. The lowest BCUT2D eigenvalue weighted by Gasteiger charge is -2.12. The maximum atomic E-state index is 12.5. The zero-order valence-corrected chi connectivity index (χ0v) is 15.8. The Morgan fingerprint density at radius 2 is 2.24 bits per heavy atom. The summed E-state index contributed by atoms with van der Waals surface area (Å²) < 4.78 is 0. The lowest BCUT2D eigenvalue weighted by Crippen LogP contribution is -2.22. The second-order valence-corrected chi connectivity index (χ2v) is 8.58. The summed E-state index contributed by atoms with van der Waals surface area (Å²) in [4.78, 5) is 27.8. The highest BCUT2D eigenvalue weighted by Gasteiger charge is 2.24. The van der Waals surface area contributed by atoms with Crippen molar-refractivity contribution < 1.29 is 4.79 Å². The van der Waals surface area contributed by atoms with Crippen LogP contribution in [0.5, 0.6) is 0 Å². The molecule has 5 nitrogen and oxygen atoms in total. The van der Waals surface area contributed by atoms with E-state index in [-0.39, 0.29) is 16.3 Å². The molecule has 3 aromatic heterocycles. The van der Waals surface area contributed by atoms with Crippen LogP contribution in [0.15, 0.2) is 29.7 Å². The number of hydrogen-bond donors (Lipinski definition) is 1. The molecule has 0 unspecified atom stereocenters. The predicted molar refractivity (Wildman–Crippen MR) is 103 cm³/mol. The third-order valence-corrected chi connectivity index (χ3v) is 6.74. The van der Waals surface area contributed by atoms with Crippen LogP contribution in [0.25, 0.3) is 10.2 Å². The molecular formula is C17H15ClN4OS2. The number of pyridine rings is 1. The molecule has 0 bridgehead atoms. The topological polar surface area (TPSA) is 67.8 Å². The molecule has 1 aliphatic carbocycles. The summed E-state index contributed by atoms with van der Waals surface area (Å²) >= 11 is 9.22. The van der Waals surface area contributed by atoms with Gasteiger partial charge in [0.2, 0.25) is 5.91 Å². The minimum Gasteiger partial charge on any atom is -0.322 e. The first kappa shape index (κ1) is 16.8. The van der Waals surface area contributed by atoms with Crippen LogP contribution >= 0.6 is 34.7 Å². The Labute approximate surface area is 158 Å². The fourth-order valence-corrected chi connectivity index (χ4v) is 5.33. The largest absolute Gasteiger partial charge is 0.322 e. The van der Waals surface area contributed by atoms with Gasteiger partial charge in [0.1, 0.15) is 16.2 Å².